The fraction of sp³-hybridized carbons (Fsp3) is 0.417. The zero-order valence-electron chi connectivity index (χ0n) is 18.5. The van der Waals surface area contributed by atoms with Crippen molar-refractivity contribution in [3.05, 3.63) is 59.4 Å². The van der Waals surface area contributed by atoms with Gasteiger partial charge in [0, 0.05) is 50.2 Å². The van der Waals surface area contributed by atoms with Crippen LogP contribution < -0.4 is 10.6 Å². The van der Waals surface area contributed by atoms with Gasteiger partial charge in [-0.05, 0) is 50.5 Å². The molecule has 2 heterocycles. The molecule has 1 aliphatic carbocycles. The summed E-state index contributed by atoms with van der Waals surface area (Å²) in [5.41, 5.74) is 2.30. The molecule has 4 rings (SSSR count). The second-order valence-corrected chi connectivity index (χ2v) is 8.47. The Morgan fingerprint density at radius 2 is 1.72 bits per heavy atom. The molecular weight excluding hydrogens is 406 g/mol. The van der Waals surface area contributed by atoms with Crippen LogP contribution in [0.3, 0.4) is 0 Å². The van der Waals surface area contributed by atoms with Gasteiger partial charge in [0.15, 0.2) is 0 Å². The molecular formula is C24H29N5O3. The molecule has 2 fully saturated rings. The summed E-state index contributed by atoms with van der Waals surface area (Å²) in [6.45, 7) is 6.13. The summed E-state index contributed by atoms with van der Waals surface area (Å²) >= 11 is 0. The number of anilines is 1. The number of para-hydroxylation sites is 1. The smallest absolute Gasteiger partial charge is 0.256 e. The number of nitrogens with zero attached hydrogens (tertiary/aromatic N) is 3. The van der Waals surface area contributed by atoms with E-state index in [2.05, 4.69) is 20.5 Å². The minimum Gasteiger partial charge on any atom is -0.352 e. The van der Waals surface area contributed by atoms with Crippen molar-refractivity contribution in [1.82, 2.24) is 20.1 Å². The SMILES string of the molecule is Cc1cccc(C(=O)N2CCN(C(C)C(=O)NC3CC3)CC2)c1NC(=O)c1ccncc1. The van der Waals surface area contributed by atoms with E-state index in [1.807, 2.05) is 26.0 Å². The Labute approximate surface area is 188 Å². The Balaban J connectivity index is 1.42. The average molecular weight is 436 g/mol. The maximum Gasteiger partial charge on any atom is 0.256 e. The molecule has 1 saturated carbocycles. The number of rotatable bonds is 6. The van der Waals surface area contributed by atoms with E-state index < -0.39 is 0 Å². The van der Waals surface area contributed by atoms with Crippen molar-refractivity contribution in [2.24, 2.45) is 0 Å². The molecule has 1 aliphatic heterocycles. The van der Waals surface area contributed by atoms with Gasteiger partial charge in [-0.2, -0.15) is 0 Å². The zero-order chi connectivity index (χ0) is 22.7. The van der Waals surface area contributed by atoms with Crippen LogP contribution in [0.5, 0.6) is 0 Å². The van der Waals surface area contributed by atoms with Crippen molar-refractivity contribution in [1.29, 1.82) is 0 Å². The summed E-state index contributed by atoms with van der Waals surface area (Å²) in [6.07, 6.45) is 5.25. The first-order valence-electron chi connectivity index (χ1n) is 11.1. The number of aryl methyl sites for hydroxylation is 1. The highest BCUT2D eigenvalue weighted by Crippen LogP contribution is 2.24. The maximum atomic E-state index is 13.3. The van der Waals surface area contributed by atoms with Crippen molar-refractivity contribution in [3.8, 4) is 0 Å². The Bertz CT molecular complexity index is 998. The Morgan fingerprint density at radius 3 is 2.38 bits per heavy atom. The van der Waals surface area contributed by atoms with Crippen LogP contribution in [0.2, 0.25) is 0 Å². The highest BCUT2D eigenvalue weighted by molar-refractivity contribution is 6.09. The van der Waals surface area contributed by atoms with Crippen molar-refractivity contribution < 1.29 is 14.4 Å². The molecule has 8 heteroatoms. The predicted molar refractivity (Wildman–Crippen MR) is 121 cm³/mol. The third-order valence-corrected chi connectivity index (χ3v) is 6.14. The fourth-order valence-electron chi connectivity index (χ4n) is 3.90. The van der Waals surface area contributed by atoms with E-state index in [0.717, 1.165) is 18.4 Å². The summed E-state index contributed by atoms with van der Waals surface area (Å²) in [4.78, 5) is 46.2. The minimum atomic E-state index is -0.281. The van der Waals surface area contributed by atoms with Gasteiger partial charge in [-0.25, -0.2) is 0 Å². The van der Waals surface area contributed by atoms with E-state index in [0.29, 0.717) is 49.0 Å². The molecule has 3 amide bonds. The number of carbonyl (C=O) groups is 3. The molecule has 0 radical (unpaired) electrons. The largest absolute Gasteiger partial charge is 0.352 e. The van der Waals surface area contributed by atoms with E-state index in [9.17, 15) is 14.4 Å². The number of aromatic nitrogens is 1. The van der Waals surface area contributed by atoms with Crippen LogP contribution in [-0.4, -0.2) is 70.8 Å². The van der Waals surface area contributed by atoms with Crippen LogP contribution in [0.4, 0.5) is 5.69 Å². The maximum absolute atomic E-state index is 13.3. The van der Waals surface area contributed by atoms with Crippen molar-refractivity contribution >= 4 is 23.4 Å². The van der Waals surface area contributed by atoms with Crippen LogP contribution in [0.15, 0.2) is 42.7 Å². The molecule has 0 spiro atoms. The molecule has 1 aromatic heterocycles. The van der Waals surface area contributed by atoms with Crippen LogP contribution in [-0.2, 0) is 4.79 Å². The molecule has 1 saturated heterocycles. The molecule has 2 N–H and O–H groups in total. The van der Waals surface area contributed by atoms with Gasteiger partial charge < -0.3 is 15.5 Å². The van der Waals surface area contributed by atoms with E-state index in [1.54, 1.807) is 35.5 Å². The molecule has 168 valence electrons. The summed E-state index contributed by atoms with van der Waals surface area (Å²) in [5, 5.41) is 5.95. The van der Waals surface area contributed by atoms with Gasteiger partial charge in [0.2, 0.25) is 5.91 Å². The first kappa shape index (κ1) is 22.0. The van der Waals surface area contributed by atoms with E-state index in [4.69, 9.17) is 0 Å². The number of nitrogens with one attached hydrogen (secondary N) is 2. The van der Waals surface area contributed by atoms with E-state index >= 15 is 0 Å². The number of hydrogen-bond donors (Lipinski definition) is 2. The predicted octanol–water partition coefficient (Wildman–Crippen LogP) is 2.07. The van der Waals surface area contributed by atoms with Crippen molar-refractivity contribution in [2.45, 2.75) is 38.8 Å². The normalized spacial score (nSPS) is 17.5. The van der Waals surface area contributed by atoms with E-state index in [1.165, 1.54) is 0 Å². The average Bonchev–Trinajstić information content (AvgIpc) is 3.64. The number of carbonyl (C=O) groups excluding carboxylic acids is 3. The highest BCUT2D eigenvalue weighted by atomic mass is 16.2. The molecule has 1 unspecified atom stereocenters. The van der Waals surface area contributed by atoms with Gasteiger partial charge in [0.05, 0.1) is 17.3 Å². The van der Waals surface area contributed by atoms with Crippen LogP contribution in [0.1, 0.15) is 46.0 Å². The van der Waals surface area contributed by atoms with Crippen molar-refractivity contribution in [3.63, 3.8) is 0 Å². The summed E-state index contributed by atoms with van der Waals surface area (Å²) < 4.78 is 0. The lowest BCUT2D eigenvalue weighted by Gasteiger charge is -2.37. The second-order valence-electron chi connectivity index (χ2n) is 8.47. The molecule has 1 aromatic carbocycles. The lowest BCUT2D eigenvalue weighted by Crippen LogP contribution is -2.55. The number of hydrogen-bond acceptors (Lipinski definition) is 5. The quantitative estimate of drug-likeness (QED) is 0.724. The van der Waals surface area contributed by atoms with Gasteiger partial charge in [0.25, 0.3) is 11.8 Å². The molecule has 8 nitrogen and oxygen atoms in total. The minimum absolute atomic E-state index is 0.0621. The van der Waals surface area contributed by atoms with Gasteiger partial charge in [-0.3, -0.25) is 24.3 Å². The topological polar surface area (TPSA) is 94.6 Å². The molecule has 1 atom stereocenters. The number of benzene rings is 1. The fourth-order valence-corrected chi connectivity index (χ4v) is 3.90. The first-order valence-corrected chi connectivity index (χ1v) is 11.1. The third-order valence-electron chi connectivity index (χ3n) is 6.14. The van der Waals surface area contributed by atoms with E-state index in [-0.39, 0.29) is 23.8 Å². The van der Waals surface area contributed by atoms with Crippen LogP contribution in [0, 0.1) is 6.92 Å². The summed E-state index contributed by atoms with van der Waals surface area (Å²) in [5.74, 6) is -0.336. The molecule has 2 aromatic rings. The Kier molecular flexibility index (Phi) is 6.50. The lowest BCUT2D eigenvalue weighted by atomic mass is 10.1. The Morgan fingerprint density at radius 1 is 1.03 bits per heavy atom. The first-order chi connectivity index (χ1) is 15.4. The molecule has 2 aliphatic rings. The monoisotopic (exact) mass is 435 g/mol. The number of amides is 3. The van der Waals surface area contributed by atoms with Gasteiger partial charge in [0.1, 0.15) is 0 Å². The van der Waals surface area contributed by atoms with Crippen LogP contribution in [0.25, 0.3) is 0 Å². The molecule has 32 heavy (non-hydrogen) atoms. The summed E-state index contributed by atoms with van der Waals surface area (Å²) in [7, 11) is 0. The lowest BCUT2D eigenvalue weighted by molar-refractivity contribution is -0.126. The number of pyridine rings is 1. The van der Waals surface area contributed by atoms with Crippen molar-refractivity contribution in [2.75, 3.05) is 31.5 Å². The second kappa shape index (κ2) is 9.48. The van der Waals surface area contributed by atoms with Gasteiger partial charge >= 0.3 is 0 Å². The third kappa shape index (κ3) is 4.96. The molecule has 0 bridgehead atoms. The Hall–Kier alpha value is -3.26. The summed E-state index contributed by atoms with van der Waals surface area (Å²) in [6, 6.07) is 8.85. The highest BCUT2D eigenvalue weighted by Gasteiger charge is 2.31. The number of piperazine rings is 1. The van der Waals surface area contributed by atoms with Crippen LogP contribution >= 0.6 is 0 Å². The zero-order valence-corrected chi connectivity index (χ0v) is 18.5. The standard InChI is InChI=1S/C24H29N5O3/c1-16-4-3-5-20(21(16)27-23(31)18-8-10-25-11-9-18)24(32)29-14-12-28(13-15-29)17(2)22(30)26-19-6-7-19/h3-5,8-11,17,19H,6-7,12-15H2,1-2H3,(H,26,30)(H,27,31). The van der Waals surface area contributed by atoms with Gasteiger partial charge in [-0.1, -0.05) is 12.1 Å². The van der Waals surface area contributed by atoms with Gasteiger partial charge in [-0.15, -0.1) is 0 Å².